The average molecular weight is 362 g/mol. The molecule has 0 saturated heterocycles. The molecule has 4 heteroatoms. The second-order valence-electron chi connectivity index (χ2n) is 4.11. The minimum atomic E-state index is -0.764. The molecule has 0 spiro atoms. The molecule has 2 atom stereocenters. The first-order valence-electron chi connectivity index (χ1n) is 5.88. The molecular formula is C13H22ClNOSn. The van der Waals surface area contributed by atoms with Gasteiger partial charge in [0.25, 0.3) is 0 Å². The van der Waals surface area contributed by atoms with Crippen molar-refractivity contribution in [2.24, 2.45) is 5.73 Å². The molecule has 0 fully saturated rings. The zero-order valence-corrected chi connectivity index (χ0v) is 14.4. The number of benzene rings is 1. The van der Waals surface area contributed by atoms with Gasteiger partial charge in [0.1, 0.15) is 0 Å². The molecule has 1 aromatic carbocycles. The molecule has 17 heavy (non-hydrogen) atoms. The van der Waals surface area contributed by atoms with Crippen LogP contribution in [0.3, 0.4) is 0 Å². The van der Waals surface area contributed by atoms with Crippen molar-refractivity contribution >= 4 is 34.0 Å². The van der Waals surface area contributed by atoms with Gasteiger partial charge in [0.05, 0.1) is 0 Å². The number of halogens is 1. The van der Waals surface area contributed by atoms with Crippen molar-refractivity contribution < 1.29 is 3.07 Å². The van der Waals surface area contributed by atoms with Crippen LogP contribution in [0.2, 0.25) is 0 Å². The summed E-state index contributed by atoms with van der Waals surface area (Å²) in [5, 5.41) is 0. The molecule has 2 N–H and O–H groups in total. The molecule has 0 amide bonds. The van der Waals surface area contributed by atoms with Gasteiger partial charge in [-0.2, -0.15) is 0 Å². The predicted molar refractivity (Wildman–Crippen MR) is 76.7 cm³/mol. The van der Waals surface area contributed by atoms with Gasteiger partial charge in [-0.15, -0.1) is 12.4 Å². The van der Waals surface area contributed by atoms with Crippen molar-refractivity contribution in [3.05, 3.63) is 35.4 Å². The van der Waals surface area contributed by atoms with Gasteiger partial charge in [0.15, 0.2) is 0 Å². The van der Waals surface area contributed by atoms with E-state index in [1.54, 1.807) is 0 Å². The molecule has 2 radical (unpaired) electrons. The summed E-state index contributed by atoms with van der Waals surface area (Å²) in [7, 11) is 0. The fourth-order valence-electron chi connectivity index (χ4n) is 1.67. The Morgan fingerprint density at radius 2 is 1.82 bits per heavy atom. The fourth-order valence-corrected chi connectivity index (χ4v) is 4.41. The summed E-state index contributed by atoms with van der Waals surface area (Å²) >= 11 is -0.764. The summed E-state index contributed by atoms with van der Waals surface area (Å²) in [6.07, 6.45) is 1.11. The molecule has 0 aliphatic heterocycles. The minimum Gasteiger partial charge on any atom is -0.147 e. The van der Waals surface area contributed by atoms with Crippen LogP contribution >= 0.6 is 12.4 Å². The number of hydrogen-bond donors (Lipinski definition) is 1. The van der Waals surface area contributed by atoms with E-state index in [0.29, 0.717) is 3.93 Å². The van der Waals surface area contributed by atoms with Crippen LogP contribution in [0.15, 0.2) is 24.3 Å². The van der Waals surface area contributed by atoms with E-state index < -0.39 is 21.6 Å². The van der Waals surface area contributed by atoms with Gasteiger partial charge >= 0.3 is 110 Å². The molecule has 0 aromatic heterocycles. The van der Waals surface area contributed by atoms with Crippen LogP contribution in [0.5, 0.6) is 0 Å². The van der Waals surface area contributed by atoms with E-state index >= 15 is 0 Å². The SMILES string of the molecule is CCC[O][Sn][CH](C)c1ccccc1C(C)N.Cl. The van der Waals surface area contributed by atoms with Gasteiger partial charge < -0.3 is 0 Å². The van der Waals surface area contributed by atoms with Gasteiger partial charge in [0.2, 0.25) is 0 Å². The molecule has 0 aliphatic carbocycles. The summed E-state index contributed by atoms with van der Waals surface area (Å²) in [5.74, 6) is 0. The average Bonchev–Trinajstić information content (AvgIpc) is 2.29. The normalized spacial score (nSPS) is 13.9. The van der Waals surface area contributed by atoms with Gasteiger partial charge in [-0.1, -0.05) is 0 Å². The molecule has 2 unspecified atom stereocenters. The van der Waals surface area contributed by atoms with E-state index in [4.69, 9.17) is 8.81 Å². The van der Waals surface area contributed by atoms with E-state index in [1.165, 1.54) is 11.1 Å². The van der Waals surface area contributed by atoms with Crippen LogP contribution in [0.4, 0.5) is 0 Å². The third kappa shape index (κ3) is 5.60. The first-order valence-corrected chi connectivity index (χ1v) is 8.69. The van der Waals surface area contributed by atoms with Gasteiger partial charge in [-0.25, -0.2) is 0 Å². The monoisotopic (exact) mass is 363 g/mol. The standard InChI is InChI=1S/C10H14N.C3H7O.ClH.Sn/c1-3-9-6-4-5-7-10(9)8(2)11;1-2-3-4;;/h3-8H,11H2,1-2H3;2-3H2,1H3;1H;/q;-1;;+1. The largest absolute Gasteiger partial charge is 0.147 e. The van der Waals surface area contributed by atoms with Crippen LogP contribution < -0.4 is 5.73 Å². The Hall–Kier alpha value is 0.229. The van der Waals surface area contributed by atoms with Crippen LogP contribution in [-0.4, -0.2) is 28.2 Å². The number of nitrogens with two attached hydrogens (primary N) is 1. The smallest absolute Gasteiger partial charge is 0.147 e. The third-order valence-corrected chi connectivity index (χ3v) is 5.47. The summed E-state index contributed by atoms with van der Waals surface area (Å²) in [4.78, 5) is 0. The van der Waals surface area contributed by atoms with Crippen LogP contribution in [0.25, 0.3) is 0 Å². The summed E-state index contributed by atoms with van der Waals surface area (Å²) < 4.78 is 6.34. The zero-order valence-electron chi connectivity index (χ0n) is 10.8. The van der Waals surface area contributed by atoms with Crippen molar-refractivity contribution in [2.45, 2.75) is 37.2 Å². The van der Waals surface area contributed by atoms with Crippen molar-refractivity contribution in [2.75, 3.05) is 6.61 Å². The maximum atomic E-state index is 5.99. The van der Waals surface area contributed by atoms with Gasteiger partial charge in [-0.05, 0) is 0 Å². The molecule has 2 nitrogen and oxygen atoms in total. The Balaban J connectivity index is 0.00000256. The quantitative estimate of drug-likeness (QED) is 0.623. The Bertz CT molecular complexity index is 320. The van der Waals surface area contributed by atoms with E-state index in [9.17, 15) is 0 Å². The summed E-state index contributed by atoms with van der Waals surface area (Å²) in [5.41, 5.74) is 8.65. The van der Waals surface area contributed by atoms with Crippen LogP contribution in [0, 0.1) is 0 Å². The Morgan fingerprint density at radius 1 is 1.24 bits per heavy atom. The second kappa shape index (κ2) is 9.20. The van der Waals surface area contributed by atoms with Gasteiger partial charge in [-0.3, -0.25) is 0 Å². The number of rotatable bonds is 6. The van der Waals surface area contributed by atoms with E-state index in [1.807, 2.05) is 6.92 Å². The molecule has 0 bridgehead atoms. The maximum Gasteiger partial charge on any atom is -0.147 e. The molecule has 1 rings (SSSR count). The molecule has 1 aromatic rings. The van der Waals surface area contributed by atoms with E-state index in [0.717, 1.165) is 13.0 Å². The Kier molecular flexibility index (Phi) is 9.32. The maximum absolute atomic E-state index is 5.99. The van der Waals surface area contributed by atoms with Crippen molar-refractivity contribution in [3.63, 3.8) is 0 Å². The first-order chi connectivity index (χ1) is 7.66. The summed E-state index contributed by atoms with van der Waals surface area (Å²) in [6, 6.07) is 8.60. The first kappa shape index (κ1) is 17.2. The van der Waals surface area contributed by atoms with Crippen LogP contribution in [-0.2, 0) is 3.07 Å². The Morgan fingerprint density at radius 3 is 2.35 bits per heavy atom. The van der Waals surface area contributed by atoms with E-state index in [2.05, 4.69) is 38.1 Å². The fraction of sp³-hybridized carbons (Fsp3) is 0.538. The second-order valence-corrected chi connectivity index (χ2v) is 8.07. The Labute approximate surface area is 121 Å². The number of hydrogen-bond acceptors (Lipinski definition) is 2. The molecule has 96 valence electrons. The van der Waals surface area contributed by atoms with Gasteiger partial charge in [0, 0.05) is 0 Å². The summed E-state index contributed by atoms with van der Waals surface area (Å²) in [6.45, 7) is 7.38. The topological polar surface area (TPSA) is 35.2 Å². The molecular weight excluding hydrogens is 340 g/mol. The van der Waals surface area contributed by atoms with Crippen molar-refractivity contribution in [1.82, 2.24) is 0 Å². The minimum absolute atomic E-state index is 0. The molecule has 0 heterocycles. The molecule has 0 saturated carbocycles. The van der Waals surface area contributed by atoms with Crippen molar-refractivity contribution in [3.8, 4) is 0 Å². The van der Waals surface area contributed by atoms with E-state index in [-0.39, 0.29) is 18.4 Å². The zero-order chi connectivity index (χ0) is 12.0. The molecule has 0 aliphatic rings. The third-order valence-electron chi connectivity index (χ3n) is 2.52. The van der Waals surface area contributed by atoms with Crippen molar-refractivity contribution in [1.29, 1.82) is 0 Å². The predicted octanol–water partition coefficient (Wildman–Crippen LogP) is 3.23. The van der Waals surface area contributed by atoms with Crippen LogP contribution in [0.1, 0.15) is 48.3 Å².